The molecule has 0 atom stereocenters. The minimum absolute atomic E-state index is 0.0368. The number of amides is 1. The third-order valence-corrected chi connectivity index (χ3v) is 3.98. The summed E-state index contributed by atoms with van der Waals surface area (Å²) in [5, 5.41) is 3.30. The molecule has 21 heavy (non-hydrogen) atoms. The zero-order valence-corrected chi connectivity index (χ0v) is 12.7. The van der Waals surface area contributed by atoms with Crippen molar-refractivity contribution in [3.63, 3.8) is 0 Å². The van der Waals surface area contributed by atoms with Gasteiger partial charge in [-0.1, -0.05) is 12.1 Å². The molecule has 1 aliphatic heterocycles. The molecule has 0 unspecified atom stereocenters. The molecule has 0 aliphatic carbocycles. The van der Waals surface area contributed by atoms with Gasteiger partial charge in [0.15, 0.2) is 0 Å². The summed E-state index contributed by atoms with van der Waals surface area (Å²) in [7, 11) is 1.84. The van der Waals surface area contributed by atoms with Crippen LogP contribution in [-0.2, 0) is 13.1 Å². The minimum Gasteiger partial charge on any atom is -0.311 e. The van der Waals surface area contributed by atoms with Crippen molar-refractivity contribution in [3.8, 4) is 0 Å². The fourth-order valence-corrected chi connectivity index (χ4v) is 2.88. The summed E-state index contributed by atoms with van der Waals surface area (Å²) in [5.41, 5.74) is 6.55. The predicted molar refractivity (Wildman–Crippen MR) is 85.6 cm³/mol. The molecule has 0 radical (unpaired) electrons. The molecule has 1 N–H and O–H groups in total. The lowest BCUT2D eigenvalue weighted by atomic mass is 10.0. The van der Waals surface area contributed by atoms with Gasteiger partial charge in [0.2, 0.25) is 0 Å². The average molecular weight is 280 g/mol. The number of hydrogen-bond donors (Lipinski definition) is 1. The van der Waals surface area contributed by atoms with Crippen LogP contribution in [0.4, 0.5) is 5.69 Å². The van der Waals surface area contributed by atoms with Gasteiger partial charge in [-0.2, -0.15) is 0 Å². The normalized spacial score (nSPS) is 13.1. The number of carbonyl (C=O) groups excluding carboxylic acids is 1. The third kappa shape index (κ3) is 2.69. The molecule has 108 valence electrons. The number of carbonyl (C=O) groups is 1. The summed E-state index contributed by atoms with van der Waals surface area (Å²) in [6.07, 6.45) is 0. The molecule has 1 aliphatic rings. The molecule has 0 saturated carbocycles. The lowest BCUT2D eigenvalue weighted by molar-refractivity contribution is 0.0993. The number of aryl methyl sites for hydroxylation is 2. The number of benzene rings is 2. The van der Waals surface area contributed by atoms with Gasteiger partial charge in [0, 0.05) is 31.4 Å². The van der Waals surface area contributed by atoms with Crippen molar-refractivity contribution in [1.82, 2.24) is 5.32 Å². The number of fused-ring (bicyclic) bond motifs is 1. The second-order valence-corrected chi connectivity index (χ2v) is 5.80. The Morgan fingerprint density at radius 3 is 2.38 bits per heavy atom. The number of nitrogens with zero attached hydrogens (tertiary/aromatic N) is 1. The van der Waals surface area contributed by atoms with Crippen molar-refractivity contribution in [2.45, 2.75) is 26.9 Å². The van der Waals surface area contributed by atoms with E-state index in [4.69, 9.17) is 0 Å². The Bertz CT molecular complexity index is 686. The first kappa shape index (κ1) is 13.8. The fraction of sp³-hybridized carbons (Fsp3) is 0.278. The van der Waals surface area contributed by atoms with E-state index in [1.807, 2.05) is 31.3 Å². The molecule has 2 aromatic rings. The van der Waals surface area contributed by atoms with Crippen LogP contribution in [0.1, 0.15) is 32.6 Å². The van der Waals surface area contributed by atoms with Gasteiger partial charge in [-0.15, -0.1) is 0 Å². The highest BCUT2D eigenvalue weighted by Gasteiger charge is 2.17. The molecule has 3 nitrogen and oxygen atoms in total. The van der Waals surface area contributed by atoms with Gasteiger partial charge in [0.1, 0.15) is 0 Å². The highest BCUT2D eigenvalue weighted by atomic mass is 16.2. The number of hydrogen-bond acceptors (Lipinski definition) is 2. The predicted octanol–water partition coefficient (Wildman–Crippen LogP) is 3.18. The largest absolute Gasteiger partial charge is 0.311 e. The monoisotopic (exact) mass is 280 g/mol. The first-order valence-corrected chi connectivity index (χ1v) is 7.23. The Morgan fingerprint density at radius 2 is 1.67 bits per heavy atom. The molecule has 1 amide bonds. The van der Waals surface area contributed by atoms with E-state index in [0.29, 0.717) is 0 Å². The zero-order chi connectivity index (χ0) is 15.0. The topological polar surface area (TPSA) is 32.3 Å². The van der Waals surface area contributed by atoms with Crippen LogP contribution in [0.2, 0.25) is 0 Å². The lowest BCUT2D eigenvalue weighted by Crippen LogP contribution is -2.26. The van der Waals surface area contributed by atoms with Crippen molar-refractivity contribution in [3.05, 3.63) is 64.2 Å². The van der Waals surface area contributed by atoms with Crippen LogP contribution >= 0.6 is 0 Å². The van der Waals surface area contributed by atoms with E-state index in [9.17, 15) is 4.79 Å². The molecule has 0 fully saturated rings. The van der Waals surface area contributed by atoms with Gasteiger partial charge in [-0.3, -0.25) is 4.79 Å². The van der Waals surface area contributed by atoms with Crippen molar-refractivity contribution in [2.24, 2.45) is 0 Å². The van der Waals surface area contributed by atoms with E-state index < -0.39 is 0 Å². The van der Waals surface area contributed by atoms with Gasteiger partial charge in [0.25, 0.3) is 5.91 Å². The molecular weight excluding hydrogens is 260 g/mol. The maximum atomic E-state index is 12.7. The van der Waals surface area contributed by atoms with Crippen LogP contribution in [0.15, 0.2) is 36.4 Å². The third-order valence-electron chi connectivity index (χ3n) is 3.98. The van der Waals surface area contributed by atoms with Crippen LogP contribution in [0.3, 0.4) is 0 Å². The Balaban J connectivity index is 1.90. The van der Waals surface area contributed by atoms with Crippen molar-refractivity contribution in [2.75, 3.05) is 11.9 Å². The van der Waals surface area contributed by atoms with Crippen LogP contribution < -0.4 is 10.2 Å². The molecule has 3 rings (SSSR count). The van der Waals surface area contributed by atoms with Gasteiger partial charge in [0.05, 0.1) is 0 Å². The smallest absolute Gasteiger partial charge is 0.258 e. The number of nitrogens with one attached hydrogen (secondary N) is 1. The van der Waals surface area contributed by atoms with E-state index in [-0.39, 0.29) is 5.91 Å². The SMILES string of the molecule is Cc1cc(C)cc(N(C)C(=O)c2ccc3c(c2)CNC3)c1. The fourth-order valence-electron chi connectivity index (χ4n) is 2.88. The molecule has 0 spiro atoms. The molecule has 0 saturated heterocycles. The standard InChI is InChI=1S/C18H20N2O/c1-12-6-13(2)8-17(7-12)20(3)18(21)14-4-5-15-10-19-11-16(15)9-14/h4-9,19H,10-11H2,1-3H3. The van der Waals surface area contributed by atoms with Gasteiger partial charge in [-0.25, -0.2) is 0 Å². The molecular formula is C18H20N2O. The molecule has 0 bridgehead atoms. The Hall–Kier alpha value is -2.13. The maximum Gasteiger partial charge on any atom is 0.258 e. The highest BCUT2D eigenvalue weighted by molar-refractivity contribution is 6.06. The van der Waals surface area contributed by atoms with Gasteiger partial charge < -0.3 is 10.2 Å². The lowest BCUT2D eigenvalue weighted by Gasteiger charge is -2.19. The van der Waals surface area contributed by atoms with Crippen molar-refractivity contribution >= 4 is 11.6 Å². The maximum absolute atomic E-state index is 12.7. The van der Waals surface area contributed by atoms with E-state index >= 15 is 0 Å². The highest BCUT2D eigenvalue weighted by Crippen LogP contribution is 2.22. The summed E-state index contributed by atoms with van der Waals surface area (Å²) in [6.45, 7) is 5.85. The molecule has 3 heteroatoms. The molecule has 2 aromatic carbocycles. The first-order valence-electron chi connectivity index (χ1n) is 7.23. The van der Waals surface area contributed by atoms with Crippen LogP contribution in [0.5, 0.6) is 0 Å². The number of anilines is 1. The summed E-state index contributed by atoms with van der Waals surface area (Å²) in [4.78, 5) is 14.4. The Labute approximate surface area is 125 Å². The summed E-state index contributed by atoms with van der Waals surface area (Å²) < 4.78 is 0. The van der Waals surface area contributed by atoms with Gasteiger partial charge in [-0.05, 0) is 60.4 Å². The number of rotatable bonds is 2. The first-order chi connectivity index (χ1) is 10.0. The minimum atomic E-state index is 0.0368. The molecule has 0 aromatic heterocycles. The van der Waals surface area contributed by atoms with E-state index in [0.717, 1.165) is 24.3 Å². The van der Waals surface area contributed by atoms with Gasteiger partial charge >= 0.3 is 0 Å². The second kappa shape index (κ2) is 5.34. The van der Waals surface area contributed by atoms with Crippen LogP contribution in [0.25, 0.3) is 0 Å². The average Bonchev–Trinajstić information content (AvgIpc) is 2.92. The molecule has 1 heterocycles. The zero-order valence-electron chi connectivity index (χ0n) is 12.7. The van der Waals surface area contributed by atoms with Crippen molar-refractivity contribution in [1.29, 1.82) is 0 Å². The Morgan fingerprint density at radius 1 is 1.00 bits per heavy atom. The Kier molecular flexibility index (Phi) is 3.52. The second-order valence-electron chi connectivity index (χ2n) is 5.80. The van der Waals surface area contributed by atoms with Crippen molar-refractivity contribution < 1.29 is 4.79 Å². The van der Waals surface area contributed by atoms with E-state index in [1.54, 1.807) is 4.90 Å². The quantitative estimate of drug-likeness (QED) is 0.916. The van der Waals surface area contributed by atoms with E-state index in [1.165, 1.54) is 22.3 Å². The van der Waals surface area contributed by atoms with Crippen LogP contribution in [0, 0.1) is 13.8 Å². The summed E-state index contributed by atoms with van der Waals surface area (Å²) >= 11 is 0. The summed E-state index contributed by atoms with van der Waals surface area (Å²) in [6, 6.07) is 12.2. The van der Waals surface area contributed by atoms with E-state index in [2.05, 4.69) is 31.3 Å². The summed E-state index contributed by atoms with van der Waals surface area (Å²) in [5.74, 6) is 0.0368. The van der Waals surface area contributed by atoms with Crippen LogP contribution in [-0.4, -0.2) is 13.0 Å².